The van der Waals surface area contributed by atoms with Crippen LogP contribution >= 0.6 is 0 Å². The summed E-state index contributed by atoms with van der Waals surface area (Å²) in [7, 11) is 0. The molecule has 0 amide bonds. The fourth-order valence-corrected chi connectivity index (χ4v) is 8.67. The van der Waals surface area contributed by atoms with E-state index in [1.165, 1.54) is 66.8 Å². The van der Waals surface area contributed by atoms with E-state index in [9.17, 15) is 0 Å². The lowest BCUT2D eigenvalue weighted by Crippen LogP contribution is -2.18. The number of nitrogens with zero attached hydrogens (tertiary/aromatic N) is 3. The number of hydrogen-bond donors (Lipinski definition) is 0. The highest BCUT2D eigenvalue weighted by Crippen LogP contribution is 2.53. The van der Waals surface area contributed by atoms with E-state index >= 15 is 0 Å². The van der Waals surface area contributed by atoms with E-state index < -0.39 is 0 Å². The molecule has 1 aromatic heterocycles. The van der Waals surface area contributed by atoms with Crippen molar-refractivity contribution in [1.29, 1.82) is 0 Å². The summed E-state index contributed by atoms with van der Waals surface area (Å²) >= 11 is 0. The van der Waals surface area contributed by atoms with Crippen LogP contribution in [0.4, 0.5) is 0 Å². The molecule has 3 aliphatic rings. The molecule has 232 valence electrons. The van der Waals surface area contributed by atoms with Crippen LogP contribution in [0.25, 0.3) is 33.6 Å². The number of rotatable bonds is 4. The SMILES string of the molecule is Cc1ccccc1-c1ccc(-c2nc(C3c4ccccc4-c4cccc(C)c43)nc(C3c4c(C)cccc4C4C=CC=CC43)n2)cc1C. The Labute approximate surface area is 282 Å². The van der Waals surface area contributed by atoms with Gasteiger partial charge in [-0.3, -0.25) is 0 Å². The Hall–Kier alpha value is -5.41. The van der Waals surface area contributed by atoms with E-state index in [4.69, 9.17) is 15.0 Å². The smallest absolute Gasteiger partial charge is 0.163 e. The second kappa shape index (κ2) is 11.1. The highest BCUT2D eigenvalue weighted by atomic mass is 15.0. The summed E-state index contributed by atoms with van der Waals surface area (Å²) in [5, 5.41) is 0. The Kier molecular flexibility index (Phi) is 6.65. The summed E-state index contributed by atoms with van der Waals surface area (Å²) in [5.41, 5.74) is 16.4. The van der Waals surface area contributed by atoms with Crippen molar-refractivity contribution < 1.29 is 0 Å². The average molecular weight is 620 g/mol. The minimum absolute atomic E-state index is 0.0354. The first-order chi connectivity index (χ1) is 23.5. The summed E-state index contributed by atoms with van der Waals surface area (Å²) in [6, 6.07) is 37.4. The van der Waals surface area contributed by atoms with Crippen molar-refractivity contribution >= 4 is 0 Å². The van der Waals surface area contributed by atoms with E-state index in [2.05, 4.69) is 155 Å². The van der Waals surface area contributed by atoms with Crippen molar-refractivity contribution in [2.75, 3.05) is 0 Å². The largest absolute Gasteiger partial charge is 0.216 e. The van der Waals surface area contributed by atoms with Crippen molar-refractivity contribution in [2.45, 2.75) is 45.4 Å². The molecule has 48 heavy (non-hydrogen) atoms. The van der Waals surface area contributed by atoms with Gasteiger partial charge in [-0.1, -0.05) is 121 Å². The third kappa shape index (κ3) is 4.37. The van der Waals surface area contributed by atoms with Crippen LogP contribution in [-0.2, 0) is 0 Å². The van der Waals surface area contributed by atoms with Gasteiger partial charge < -0.3 is 0 Å². The van der Waals surface area contributed by atoms with Gasteiger partial charge in [-0.2, -0.15) is 0 Å². The summed E-state index contributed by atoms with van der Waals surface area (Å²) in [6.07, 6.45) is 9.10. The molecule has 0 radical (unpaired) electrons. The number of aromatic nitrogens is 3. The maximum Gasteiger partial charge on any atom is 0.163 e. The summed E-state index contributed by atoms with van der Waals surface area (Å²) in [6.45, 7) is 8.83. The first-order valence-electron chi connectivity index (χ1n) is 17.0. The quantitative estimate of drug-likeness (QED) is 0.197. The van der Waals surface area contributed by atoms with Gasteiger partial charge in [0.1, 0.15) is 11.6 Å². The molecule has 3 aliphatic carbocycles. The van der Waals surface area contributed by atoms with Crippen LogP contribution in [0.3, 0.4) is 0 Å². The van der Waals surface area contributed by atoms with Crippen molar-refractivity contribution in [2.24, 2.45) is 5.92 Å². The van der Waals surface area contributed by atoms with E-state index in [1.54, 1.807) is 0 Å². The van der Waals surface area contributed by atoms with Gasteiger partial charge in [0.15, 0.2) is 5.82 Å². The van der Waals surface area contributed by atoms with E-state index in [0.717, 1.165) is 23.0 Å². The number of hydrogen-bond acceptors (Lipinski definition) is 3. The van der Waals surface area contributed by atoms with Gasteiger partial charge in [-0.05, 0) is 101 Å². The molecule has 0 saturated carbocycles. The van der Waals surface area contributed by atoms with Gasteiger partial charge in [-0.25, -0.2) is 15.0 Å². The minimum atomic E-state index is -0.0689. The van der Waals surface area contributed by atoms with Crippen LogP contribution in [0.15, 0.2) is 127 Å². The molecule has 0 spiro atoms. The second-order valence-electron chi connectivity index (χ2n) is 13.7. The Bertz CT molecular complexity index is 2330. The molecule has 9 rings (SSSR count). The molecular weight excluding hydrogens is 583 g/mol. The van der Waals surface area contributed by atoms with Gasteiger partial charge >= 0.3 is 0 Å². The molecule has 0 aliphatic heterocycles. The standard InChI is InChI=1S/C45H37N3/c1-26-13-5-6-16-31(26)32-24-23-30(25-29(32)4)43-46-44(41-37-19-9-7-17-33(37)35-21-11-14-27(2)39(35)41)48-45(47-43)42-38-20-10-8-18-34(38)36-22-12-15-28(3)40(36)42/h5-25,33,37,41-42H,1-4H3. The van der Waals surface area contributed by atoms with Crippen LogP contribution in [-0.4, -0.2) is 15.0 Å². The van der Waals surface area contributed by atoms with Gasteiger partial charge in [0.05, 0.1) is 11.8 Å². The molecule has 5 aromatic carbocycles. The van der Waals surface area contributed by atoms with Crippen molar-refractivity contribution in [3.8, 4) is 33.6 Å². The molecule has 6 aromatic rings. The molecule has 3 heteroatoms. The normalized spacial score (nSPS) is 19.9. The third-order valence-corrected chi connectivity index (χ3v) is 10.9. The predicted molar refractivity (Wildman–Crippen MR) is 195 cm³/mol. The van der Waals surface area contributed by atoms with E-state index in [-0.39, 0.29) is 17.8 Å². The molecule has 0 bridgehead atoms. The predicted octanol–water partition coefficient (Wildman–Crippen LogP) is 10.6. The Morgan fingerprint density at radius 3 is 1.96 bits per heavy atom. The van der Waals surface area contributed by atoms with Crippen LogP contribution < -0.4 is 0 Å². The maximum atomic E-state index is 5.51. The summed E-state index contributed by atoms with van der Waals surface area (Å²) < 4.78 is 0. The molecule has 4 atom stereocenters. The van der Waals surface area contributed by atoms with Crippen molar-refractivity contribution in [3.05, 3.63) is 184 Å². The van der Waals surface area contributed by atoms with Gasteiger partial charge in [0, 0.05) is 17.4 Å². The summed E-state index contributed by atoms with van der Waals surface area (Å²) in [4.78, 5) is 16.3. The van der Waals surface area contributed by atoms with Crippen LogP contribution in [0.5, 0.6) is 0 Å². The van der Waals surface area contributed by atoms with E-state index in [1.807, 2.05) is 0 Å². The Morgan fingerprint density at radius 2 is 1.12 bits per heavy atom. The number of benzene rings is 5. The molecule has 0 saturated heterocycles. The lowest BCUT2D eigenvalue weighted by molar-refractivity contribution is 0.540. The van der Waals surface area contributed by atoms with Gasteiger partial charge in [-0.15, -0.1) is 0 Å². The lowest BCUT2D eigenvalue weighted by Gasteiger charge is -2.24. The Morgan fingerprint density at radius 1 is 0.479 bits per heavy atom. The number of aryl methyl sites for hydroxylation is 4. The average Bonchev–Trinajstić information content (AvgIpc) is 3.64. The molecular formula is C45H37N3. The van der Waals surface area contributed by atoms with Crippen LogP contribution in [0, 0.1) is 33.6 Å². The Balaban J connectivity index is 1.28. The molecule has 4 unspecified atom stereocenters. The zero-order valence-corrected chi connectivity index (χ0v) is 27.8. The number of fused-ring (bicyclic) bond motifs is 6. The summed E-state index contributed by atoms with van der Waals surface area (Å²) in [5.74, 6) is 2.95. The fourth-order valence-electron chi connectivity index (χ4n) is 8.67. The molecule has 0 fully saturated rings. The first-order valence-corrected chi connectivity index (χ1v) is 17.0. The first kappa shape index (κ1) is 28.8. The van der Waals surface area contributed by atoms with Crippen LogP contribution in [0.2, 0.25) is 0 Å². The molecule has 1 heterocycles. The zero-order chi connectivity index (χ0) is 32.5. The second-order valence-corrected chi connectivity index (χ2v) is 13.7. The topological polar surface area (TPSA) is 38.7 Å². The van der Waals surface area contributed by atoms with Gasteiger partial charge in [0.25, 0.3) is 0 Å². The fraction of sp³-hybridized carbons (Fsp3) is 0.178. The number of allylic oxidation sites excluding steroid dienone is 4. The van der Waals surface area contributed by atoms with Crippen molar-refractivity contribution in [1.82, 2.24) is 15.0 Å². The highest BCUT2D eigenvalue weighted by molar-refractivity contribution is 5.81. The van der Waals surface area contributed by atoms with Gasteiger partial charge in [0.2, 0.25) is 0 Å². The molecule has 0 N–H and O–H groups in total. The minimum Gasteiger partial charge on any atom is -0.216 e. The zero-order valence-electron chi connectivity index (χ0n) is 27.8. The lowest BCUT2D eigenvalue weighted by atomic mass is 9.83. The highest BCUT2D eigenvalue weighted by Gasteiger charge is 2.43. The van der Waals surface area contributed by atoms with Crippen molar-refractivity contribution in [3.63, 3.8) is 0 Å². The monoisotopic (exact) mass is 619 g/mol. The maximum absolute atomic E-state index is 5.51. The van der Waals surface area contributed by atoms with E-state index in [0.29, 0.717) is 5.92 Å². The van der Waals surface area contributed by atoms with Crippen LogP contribution in [0.1, 0.15) is 73.9 Å². The third-order valence-electron chi connectivity index (χ3n) is 10.9. The molecule has 3 nitrogen and oxygen atoms in total.